The molecular weight excluding hydrogens is 584 g/mol. The van der Waals surface area contributed by atoms with Crippen LogP contribution in [0.1, 0.15) is 34.6 Å². The fourth-order valence-corrected chi connectivity index (χ4v) is 2.81. The lowest BCUT2D eigenvalue weighted by Crippen LogP contribution is -2.28. The highest BCUT2D eigenvalue weighted by molar-refractivity contribution is 4.57. The van der Waals surface area contributed by atoms with Crippen molar-refractivity contribution < 1.29 is 67.4 Å². The molecule has 0 saturated heterocycles. The van der Waals surface area contributed by atoms with Crippen LogP contribution in [0.3, 0.4) is 0 Å². The second kappa shape index (κ2) is 36.9. The van der Waals surface area contributed by atoms with Gasteiger partial charge in [-0.15, -0.1) is 0 Å². The highest BCUT2D eigenvalue weighted by atomic mass is 16.6. The molecule has 0 heterocycles. The molecule has 14 heteroatoms. The van der Waals surface area contributed by atoms with Crippen LogP contribution in [0.4, 0.5) is 0 Å². The van der Waals surface area contributed by atoms with Gasteiger partial charge in [0.05, 0.1) is 156 Å². The lowest BCUT2D eigenvalue weighted by molar-refractivity contribution is -0.0936. The molecule has 14 nitrogen and oxygen atoms in total. The molecule has 268 valence electrons. The van der Waals surface area contributed by atoms with Crippen molar-refractivity contribution in [3.8, 4) is 0 Å². The van der Waals surface area contributed by atoms with Crippen LogP contribution < -0.4 is 0 Å². The predicted octanol–water partition coefficient (Wildman–Crippen LogP) is 0.705. The molecule has 0 saturated carbocycles. The monoisotopic (exact) mass is 648 g/mol. The topological polar surface area (TPSA) is 162 Å². The summed E-state index contributed by atoms with van der Waals surface area (Å²) in [7, 11) is 1.64. The van der Waals surface area contributed by atoms with Crippen LogP contribution in [-0.2, 0) is 52.1 Å². The minimum atomic E-state index is -0.463. The molecule has 0 amide bonds. The molecule has 0 spiro atoms. The Labute approximate surface area is 265 Å². The van der Waals surface area contributed by atoms with E-state index < -0.39 is 6.10 Å². The van der Waals surface area contributed by atoms with Crippen LogP contribution >= 0.6 is 0 Å². The number of aliphatic hydroxyl groups is 3. The Balaban J connectivity index is 0. The third-order valence-electron chi connectivity index (χ3n) is 5.25. The Hall–Kier alpha value is -0.560. The van der Waals surface area contributed by atoms with Gasteiger partial charge in [-0.1, -0.05) is 0 Å². The SMILES string of the molecule is CC(O)COC(C)COC(C)COC(C)COC(C)CO.COCCOCCOCCOCCOCCOCCOCCO. The van der Waals surface area contributed by atoms with Crippen molar-refractivity contribution in [1.82, 2.24) is 0 Å². The average molecular weight is 649 g/mol. The summed E-state index contributed by atoms with van der Waals surface area (Å²) in [6.07, 6.45) is -0.783. The molecule has 0 aliphatic heterocycles. The molecule has 0 aromatic rings. The molecule has 5 atom stereocenters. The lowest BCUT2D eigenvalue weighted by Gasteiger charge is -2.21. The summed E-state index contributed by atoms with van der Waals surface area (Å²) < 4.78 is 58.5. The summed E-state index contributed by atoms with van der Waals surface area (Å²) in [6.45, 7) is 17.9. The molecule has 0 radical (unpaired) electrons. The van der Waals surface area contributed by atoms with Gasteiger partial charge in [0.15, 0.2) is 0 Å². The maximum atomic E-state index is 9.12. The summed E-state index contributed by atoms with van der Waals surface area (Å²) in [5.41, 5.74) is 0. The van der Waals surface area contributed by atoms with Crippen LogP contribution in [0.25, 0.3) is 0 Å². The van der Waals surface area contributed by atoms with Gasteiger partial charge in [0, 0.05) is 7.11 Å². The quantitative estimate of drug-likeness (QED) is 0.0853. The van der Waals surface area contributed by atoms with Crippen LogP contribution in [0.5, 0.6) is 0 Å². The van der Waals surface area contributed by atoms with E-state index in [1.165, 1.54) is 0 Å². The van der Waals surface area contributed by atoms with E-state index in [1.807, 2.05) is 27.7 Å². The lowest BCUT2D eigenvalue weighted by atomic mass is 10.3. The zero-order chi connectivity index (χ0) is 33.1. The molecule has 0 aliphatic rings. The number of hydrogen-bond acceptors (Lipinski definition) is 14. The molecule has 44 heavy (non-hydrogen) atoms. The Morgan fingerprint density at radius 3 is 1.00 bits per heavy atom. The van der Waals surface area contributed by atoms with Crippen molar-refractivity contribution in [2.75, 3.05) is 133 Å². The van der Waals surface area contributed by atoms with E-state index in [-0.39, 0.29) is 37.6 Å². The van der Waals surface area contributed by atoms with Gasteiger partial charge >= 0.3 is 0 Å². The van der Waals surface area contributed by atoms with Crippen molar-refractivity contribution in [2.45, 2.75) is 65.1 Å². The maximum absolute atomic E-state index is 9.12. The fourth-order valence-electron chi connectivity index (χ4n) is 2.81. The first-order valence-corrected chi connectivity index (χ1v) is 15.6. The van der Waals surface area contributed by atoms with E-state index in [0.717, 1.165) is 0 Å². The minimum Gasteiger partial charge on any atom is -0.394 e. The highest BCUT2D eigenvalue weighted by Crippen LogP contribution is 2.02. The van der Waals surface area contributed by atoms with E-state index in [2.05, 4.69) is 0 Å². The summed E-state index contributed by atoms with van der Waals surface area (Å²) in [4.78, 5) is 0. The number of rotatable bonds is 33. The first-order valence-electron chi connectivity index (χ1n) is 15.6. The average Bonchev–Trinajstić information content (AvgIpc) is 3.01. The van der Waals surface area contributed by atoms with Crippen LogP contribution in [0.15, 0.2) is 0 Å². The molecule has 0 aromatic carbocycles. The number of methoxy groups -OCH3 is 1. The van der Waals surface area contributed by atoms with Gasteiger partial charge in [0.1, 0.15) is 0 Å². The van der Waals surface area contributed by atoms with Gasteiger partial charge in [0.25, 0.3) is 0 Å². The van der Waals surface area contributed by atoms with E-state index in [1.54, 1.807) is 14.0 Å². The van der Waals surface area contributed by atoms with Crippen LogP contribution in [0, 0.1) is 0 Å². The largest absolute Gasteiger partial charge is 0.394 e. The Morgan fingerprint density at radius 2 is 0.705 bits per heavy atom. The van der Waals surface area contributed by atoms with Gasteiger partial charge in [0.2, 0.25) is 0 Å². The summed E-state index contributed by atoms with van der Waals surface area (Å²) in [5.74, 6) is 0. The van der Waals surface area contributed by atoms with Crippen molar-refractivity contribution in [3.05, 3.63) is 0 Å². The summed E-state index contributed by atoms with van der Waals surface area (Å²) in [6, 6.07) is 0. The molecule has 0 fully saturated rings. The molecule has 0 aromatic heterocycles. The molecular formula is C30H64O14. The number of ether oxygens (including phenoxy) is 11. The third-order valence-corrected chi connectivity index (χ3v) is 5.25. The second-order valence-electron chi connectivity index (χ2n) is 10.00. The molecule has 0 bridgehead atoms. The van der Waals surface area contributed by atoms with Crippen molar-refractivity contribution in [1.29, 1.82) is 0 Å². The summed E-state index contributed by atoms with van der Waals surface area (Å²) >= 11 is 0. The van der Waals surface area contributed by atoms with Crippen LogP contribution in [-0.4, -0.2) is 178 Å². The Morgan fingerprint density at radius 1 is 0.409 bits per heavy atom. The Bertz CT molecular complexity index is 512. The van der Waals surface area contributed by atoms with E-state index >= 15 is 0 Å². The molecule has 0 rings (SSSR count). The predicted molar refractivity (Wildman–Crippen MR) is 164 cm³/mol. The van der Waals surface area contributed by atoms with Gasteiger partial charge in [-0.3, -0.25) is 0 Å². The maximum Gasteiger partial charge on any atom is 0.0781 e. The van der Waals surface area contributed by atoms with E-state index in [0.29, 0.717) is 112 Å². The fraction of sp³-hybridized carbons (Fsp3) is 1.00. The normalized spacial score (nSPS) is 14.9. The first-order chi connectivity index (χ1) is 21.3. The minimum absolute atomic E-state index is 0.0105. The van der Waals surface area contributed by atoms with E-state index in [4.69, 9.17) is 67.4 Å². The van der Waals surface area contributed by atoms with Crippen molar-refractivity contribution in [3.63, 3.8) is 0 Å². The Kier molecular flexibility index (Phi) is 38.2. The third kappa shape index (κ3) is 39.5. The van der Waals surface area contributed by atoms with Gasteiger partial charge in [-0.05, 0) is 34.6 Å². The molecule has 5 unspecified atom stereocenters. The second-order valence-corrected chi connectivity index (χ2v) is 10.00. The zero-order valence-corrected chi connectivity index (χ0v) is 28.2. The standard InChI is InChI=1S/C15H32O8.C15H32O6/c1-17-4-5-19-8-9-21-12-13-23-15-14-22-11-10-20-7-6-18-3-2-16;1-11(17)7-18-13(3)9-20-15(5)10-21-14(4)8-19-12(2)6-16/h16H,2-15H2,1H3;11-17H,6-10H2,1-5H3. The summed E-state index contributed by atoms with van der Waals surface area (Å²) in [5, 5.41) is 26.5. The smallest absolute Gasteiger partial charge is 0.0781 e. The first kappa shape index (κ1) is 45.6. The van der Waals surface area contributed by atoms with Crippen molar-refractivity contribution in [2.24, 2.45) is 0 Å². The van der Waals surface area contributed by atoms with Gasteiger partial charge in [-0.2, -0.15) is 0 Å². The number of hydrogen-bond donors (Lipinski definition) is 3. The van der Waals surface area contributed by atoms with Gasteiger partial charge < -0.3 is 67.4 Å². The van der Waals surface area contributed by atoms with Gasteiger partial charge in [-0.25, -0.2) is 0 Å². The molecule has 0 aliphatic carbocycles. The zero-order valence-electron chi connectivity index (χ0n) is 28.2. The van der Waals surface area contributed by atoms with E-state index in [9.17, 15) is 0 Å². The van der Waals surface area contributed by atoms with Crippen molar-refractivity contribution >= 4 is 0 Å². The highest BCUT2D eigenvalue weighted by Gasteiger charge is 2.11. The van der Waals surface area contributed by atoms with Crippen LogP contribution in [0.2, 0.25) is 0 Å². The number of aliphatic hydroxyl groups excluding tert-OH is 3. The molecule has 3 N–H and O–H groups in total.